The van der Waals surface area contributed by atoms with E-state index in [1.807, 2.05) is 0 Å². The summed E-state index contributed by atoms with van der Waals surface area (Å²) >= 11 is 0. The van der Waals surface area contributed by atoms with Gasteiger partial charge in [0, 0.05) is 13.5 Å². The molecule has 1 heterocycles. The lowest BCUT2D eigenvalue weighted by atomic mass is 9.99. The summed E-state index contributed by atoms with van der Waals surface area (Å²) in [6.07, 6.45) is -0.563. The van der Waals surface area contributed by atoms with Crippen LogP contribution in [0.15, 0.2) is 0 Å². The summed E-state index contributed by atoms with van der Waals surface area (Å²) in [5.74, 6) is -0.359. The molecule has 3 N–H and O–H groups in total. The Bertz CT molecular complexity index is 321. The highest BCUT2D eigenvalue weighted by molar-refractivity contribution is 5.69. The molecule has 130 valence electrons. The van der Waals surface area contributed by atoms with Gasteiger partial charge in [-0.05, 0) is 6.42 Å². The quantitative estimate of drug-likeness (QED) is 0.415. The van der Waals surface area contributed by atoms with Crippen LogP contribution in [0, 0.1) is 0 Å². The zero-order valence-electron chi connectivity index (χ0n) is 13.3. The molecular weight excluding hydrogens is 292 g/mol. The molecule has 1 aliphatic heterocycles. The van der Waals surface area contributed by atoms with E-state index in [2.05, 4.69) is 6.92 Å². The maximum absolute atomic E-state index is 11.6. The van der Waals surface area contributed by atoms with Gasteiger partial charge >= 0.3 is 5.97 Å². The van der Waals surface area contributed by atoms with Gasteiger partial charge in [-0.25, -0.2) is 0 Å². The first kappa shape index (κ1) is 19.3. The molecule has 2 unspecified atom stereocenters. The third-order valence-corrected chi connectivity index (χ3v) is 3.79. The molecule has 0 aromatic carbocycles. The first-order valence-electron chi connectivity index (χ1n) is 7.89. The minimum atomic E-state index is -1.41. The first-order chi connectivity index (χ1) is 10.5. The zero-order chi connectivity index (χ0) is 16.5. The van der Waals surface area contributed by atoms with Gasteiger partial charge in [-0.3, -0.25) is 4.79 Å². The van der Waals surface area contributed by atoms with Gasteiger partial charge in [0.1, 0.15) is 31.0 Å². The Morgan fingerprint density at radius 3 is 2.36 bits per heavy atom. The van der Waals surface area contributed by atoms with Crippen LogP contribution in [0.25, 0.3) is 0 Å². The highest BCUT2D eigenvalue weighted by atomic mass is 16.7. The van der Waals surface area contributed by atoms with Crippen LogP contribution in [0.4, 0.5) is 0 Å². The Balaban J connectivity index is 2.29. The van der Waals surface area contributed by atoms with Gasteiger partial charge in [-0.1, -0.05) is 32.6 Å². The molecule has 0 aliphatic carbocycles. The number of aliphatic hydroxyl groups is 3. The van der Waals surface area contributed by atoms with Gasteiger partial charge in [0.2, 0.25) is 0 Å². The molecule has 0 spiro atoms. The van der Waals surface area contributed by atoms with Crippen molar-refractivity contribution in [1.29, 1.82) is 0 Å². The number of carbonyl (C=O) groups is 1. The number of hydrogen-bond acceptors (Lipinski definition) is 7. The van der Waals surface area contributed by atoms with E-state index in [1.165, 1.54) is 7.11 Å². The van der Waals surface area contributed by atoms with Crippen molar-refractivity contribution in [2.75, 3.05) is 13.7 Å². The van der Waals surface area contributed by atoms with Gasteiger partial charge in [-0.15, -0.1) is 0 Å². The van der Waals surface area contributed by atoms with Crippen LogP contribution in [0.5, 0.6) is 0 Å². The molecule has 7 nitrogen and oxygen atoms in total. The van der Waals surface area contributed by atoms with E-state index in [-0.39, 0.29) is 12.6 Å². The van der Waals surface area contributed by atoms with Crippen LogP contribution < -0.4 is 0 Å². The number of rotatable bonds is 9. The van der Waals surface area contributed by atoms with Crippen molar-refractivity contribution >= 4 is 5.97 Å². The topological polar surface area (TPSA) is 105 Å². The monoisotopic (exact) mass is 320 g/mol. The van der Waals surface area contributed by atoms with Gasteiger partial charge in [0.25, 0.3) is 0 Å². The number of hydrogen-bond donors (Lipinski definition) is 3. The van der Waals surface area contributed by atoms with Crippen molar-refractivity contribution < 1.29 is 34.3 Å². The maximum atomic E-state index is 11.6. The van der Waals surface area contributed by atoms with Crippen LogP contribution in [-0.2, 0) is 19.0 Å². The number of esters is 1. The number of unbranched alkanes of at least 4 members (excludes halogenated alkanes) is 4. The molecule has 1 aliphatic rings. The molecule has 0 bridgehead atoms. The molecule has 0 saturated carbocycles. The fourth-order valence-corrected chi connectivity index (χ4v) is 2.37. The van der Waals surface area contributed by atoms with E-state index in [1.54, 1.807) is 0 Å². The number of carbonyl (C=O) groups excluding carboxylic acids is 1. The molecule has 0 aromatic heterocycles. The summed E-state index contributed by atoms with van der Waals surface area (Å²) in [5, 5.41) is 29.2. The van der Waals surface area contributed by atoms with Gasteiger partial charge < -0.3 is 29.5 Å². The summed E-state index contributed by atoms with van der Waals surface area (Å²) in [5.41, 5.74) is 0. The standard InChI is InChI=1S/C15H28O7/c1-3-4-5-6-7-8-11(16)21-9-10-12(17)13(18)14(19)15(20-2)22-10/h10,12-15,17-19H,3-9H2,1-2H3/t10-,12?,13+,14-,15?/m1/s1. The van der Waals surface area contributed by atoms with Crippen molar-refractivity contribution in [2.45, 2.75) is 76.2 Å². The van der Waals surface area contributed by atoms with E-state index in [0.29, 0.717) is 6.42 Å². The van der Waals surface area contributed by atoms with Gasteiger partial charge in [0.05, 0.1) is 0 Å². The molecule has 0 radical (unpaired) electrons. The average Bonchev–Trinajstić information content (AvgIpc) is 2.52. The Morgan fingerprint density at radius 1 is 1.05 bits per heavy atom. The second-order valence-electron chi connectivity index (χ2n) is 5.60. The molecule has 0 amide bonds. The van der Waals surface area contributed by atoms with Crippen molar-refractivity contribution in [3.8, 4) is 0 Å². The highest BCUT2D eigenvalue weighted by Gasteiger charge is 2.44. The smallest absolute Gasteiger partial charge is 0.305 e. The summed E-state index contributed by atoms with van der Waals surface area (Å²) in [6.45, 7) is 1.95. The van der Waals surface area contributed by atoms with E-state index < -0.39 is 30.7 Å². The Labute approximate surface area is 131 Å². The summed E-state index contributed by atoms with van der Waals surface area (Å²) in [4.78, 5) is 11.6. The van der Waals surface area contributed by atoms with E-state index >= 15 is 0 Å². The summed E-state index contributed by atoms with van der Waals surface area (Å²) < 4.78 is 15.2. The van der Waals surface area contributed by atoms with Crippen molar-refractivity contribution in [1.82, 2.24) is 0 Å². The minimum Gasteiger partial charge on any atom is -0.463 e. The lowest BCUT2D eigenvalue weighted by molar-refractivity contribution is -0.295. The number of ether oxygens (including phenoxy) is 3. The van der Waals surface area contributed by atoms with Crippen LogP contribution in [0.2, 0.25) is 0 Å². The van der Waals surface area contributed by atoms with Crippen molar-refractivity contribution in [3.63, 3.8) is 0 Å². The fraction of sp³-hybridized carbons (Fsp3) is 0.933. The van der Waals surface area contributed by atoms with E-state index in [9.17, 15) is 20.1 Å². The Hall–Kier alpha value is -0.730. The van der Waals surface area contributed by atoms with Crippen molar-refractivity contribution in [3.05, 3.63) is 0 Å². The maximum Gasteiger partial charge on any atom is 0.305 e. The van der Waals surface area contributed by atoms with Crippen LogP contribution in [0.1, 0.15) is 45.4 Å². The second kappa shape index (κ2) is 10.1. The zero-order valence-corrected chi connectivity index (χ0v) is 13.3. The number of methoxy groups -OCH3 is 1. The molecule has 7 heteroatoms. The lowest BCUT2D eigenvalue weighted by Gasteiger charge is -2.39. The van der Waals surface area contributed by atoms with Crippen LogP contribution in [-0.4, -0.2) is 65.7 Å². The lowest BCUT2D eigenvalue weighted by Crippen LogP contribution is -2.59. The SMILES string of the molecule is CCCCCCCC(=O)OC[C@H]1OC(OC)[C@H](O)[C@@H](O)C1O. The predicted octanol–water partition coefficient (Wildman–Crippen LogP) is 0.344. The molecule has 5 atom stereocenters. The van der Waals surface area contributed by atoms with E-state index in [4.69, 9.17) is 14.2 Å². The Kier molecular flexibility index (Phi) is 8.89. The van der Waals surface area contributed by atoms with E-state index in [0.717, 1.165) is 32.1 Å². The highest BCUT2D eigenvalue weighted by Crippen LogP contribution is 2.22. The molecule has 22 heavy (non-hydrogen) atoms. The largest absolute Gasteiger partial charge is 0.463 e. The van der Waals surface area contributed by atoms with Gasteiger partial charge in [-0.2, -0.15) is 0 Å². The fourth-order valence-electron chi connectivity index (χ4n) is 2.37. The Morgan fingerprint density at radius 2 is 1.73 bits per heavy atom. The second-order valence-corrected chi connectivity index (χ2v) is 5.60. The molecule has 1 rings (SSSR count). The third kappa shape index (κ3) is 5.81. The van der Waals surface area contributed by atoms with Crippen LogP contribution >= 0.6 is 0 Å². The minimum absolute atomic E-state index is 0.182. The average molecular weight is 320 g/mol. The first-order valence-corrected chi connectivity index (χ1v) is 7.89. The molecular formula is C15H28O7. The third-order valence-electron chi connectivity index (χ3n) is 3.79. The predicted molar refractivity (Wildman–Crippen MR) is 78.0 cm³/mol. The van der Waals surface area contributed by atoms with Crippen LogP contribution in [0.3, 0.4) is 0 Å². The summed E-state index contributed by atoms with van der Waals surface area (Å²) in [6, 6.07) is 0. The normalized spacial score (nSPS) is 32.0. The molecule has 1 saturated heterocycles. The number of aliphatic hydroxyl groups excluding tert-OH is 3. The summed E-state index contributed by atoms with van der Waals surface area (Å²) in [7, 11) is 1.32. The van der Waals surface area contributed by atoms with Crippen molar-refractivity contribution in [2.24, 2.45) is 0 Å². The molecule has 1 fully saturated rings. The molecule has 0 aromatic rings. The van der Waals surface area contributed by atoms with Gasteiger partial charge in [0.15, 0.2) is 6.29 Å².